The van der Waals surface area contributed by atoms with Gasteiger partial charge in [0.15, 0.2) is 0 Å². The van der Waals surface area contributed by atoms with Gasteiger partial charge in [-0.3, -0.25) is 4.79 Å². The molecule has 1 atom stereocenters. The Morgan fingerprint density at radius 3 is 1.95 bits per heavy atom. The van der Waals surface area contributed by atoms with Crippen molar-refractivity contribution >= 4 is 11.9 Å². The highest BCUT2D eigenvalue weighted by molar-refractivity contribution is 5.87. The molecule has 6 heteroatoms. The number of alkyl halides is 2. The summed E-state index contributed by atoms with van der Waals surface area (Å²) in [7, 11) is 0. The Hall–Kier alpha value is -1.20. The van der Waals surface area contributed by atoms with Crippen LogP contribution in [0.1, 0.15) is 44.9 Å². The van der Waals surface area contributed by atoms with E-state index in [1.165, 1.54) is 19.3 Å². The molecule has 4 aliphatic rings. The van der Waals surface area contributed by atoms with Gasteiger partial charge in [0, 0.05) is 11.8 Å². The lowest BCUT2D eigenvalue weighted by Crippen LogP contribution is -2.56. The van der Waals surface area contributed by atoms with Crippen molar-refractivity contribution in [3.63, 3.8) is 0 Å². The van der Waals surface area contributed by atoms with Gasteiger partial charge < -0.3 is 10.4 Å². The first-order valence-corrected chi connectivity index (χ1v) is 7.70. The molecule has 4 nitrogen and oxygen atoms in total. The Bertz CT molecular complexity index is 417. The van der Waals surface area contributed by atoms with Crippen LogP contribution in [0.4, 0.5) is 8.78 Å². The average Bonchev–Trinajstić information content (AvgIpc) is 2.35. The number of carbonyl (C=O) groups excluding carboxylic acids is 1. The molecule has 0 aromatic rings. The Morgan fingerprint density at radius 2 is 1.57 bits per heavy atom. The maximum absolute atomic E-state index is 12.6. The summed E-state index contributed by atoms with van der Waals surface area (Å²) in [5.41, 5.74) is -0.495. The minimum Gasteiger partial charge on any atom is -0.480 e. The number of hydrogen-bond acceptors (Lipinski definition) is 2. The van der Waals surface area contributed by atoms with Gasteiger partial charge in [-0.25, -0.2) is 13.6 Å². The fraction of sp³-hybridized carbons (Fsp3) is 0.867. The number of carboxylic acids is 1. The van der Waals surface area contributed by atoms with Crippen LogP contribution < -0.4 is 5.32 Å². The first-order chi connectivity index (χ1) is 9.88. The quantitative estimate of drug-likeness (QED) is 0.819. The molecular weight excluding hydrogens is 280 g/mol. The van der Waals surface area contributed by atoms with Crippen LogP contribution >= 0.6 is 0 Å². The van der Waals surface area contributed by atoms with Crippen molar-refractivity contribution in [2.45, 2.75) is 57.4 Å². The highest BCUT2D eigenvalue weighted by Gasteiger charge is 2.55. The fourth-order valence-electron chi connectivity index (χ4n) is 5.10. The summed E-state index contributed by atoms with van der Waals surface area (Å²) in [4.78, 5) is 23.6. The maximum atomic E-state index is 12.6. The van der Waals surface area contributed by atoms with Crippen LogP contribution in [0.2, 0.25) is 0 Å². The number of rotatable bonds is 5. The predicted octanol–water partition coefficient (Wildman–Crippen LogP) is 2.43. The zero-order valence-corrected chi connectivity index (χ0v) is 11.9. The summed E-state index contributed by atoms with van der Waals surface area (Å²) in [6.45, 7) is 0. The molecule has 0 aliphatic heterocycles. The second kappa shape index (κ2) is 5.21. The van der Waals surface area contributed by atoms with Crippen molar-refractivity contribution < 1.29 is 23.5 Å². The van der Waals surface area contributed by atoms with Gasteiger partial charge in [0.25, 0.3) is 0 Å². The Balaban J connectivity index is 1.71. The van der Waals surface area contributed by atoms with E-state index in [4.69, 9.17) is 5.11 Å². The molecule has 4 bridgehead atoms. The van der Waals surface area contributed by atoms with Crippen molar-refractivity contribution in [3.8, 4) is 0 Å². The molecule has 4 rings (SSSR count). The van der Waals surface area contributed by atoms with Gasteiger partial charge in [0.1, 0.15) is 6.04 Å². The minimum absolute atomic E-state index is 0.311. The number of carbonyl (C=O) groups is 2. The van der Waals surface area contributed by atoms with E-state index in [-0.39, 0.29) is 5.91 Å². The third-order valence-corrected chi connectivity index (χ3v) is 5.54. The number of amides is 1. The van der Waals surface area contributed by atoms with Crippen LogP contribution in [0, 0.1) is 23.2 Å². The van der Waals surface area contributed by atoms with E-state index in [2.05, 4.69) is 5.32 Å². The monoisotopic (exact) mass is 301 g/mol. The van der Waals surface area contributed by atoms with Crippen LogP contribution in [0.15, 0.2) is 0 Å². The third kappa shape index (κ3) is 2.77. The fourth-order valence-corrected chi connectivity index (χ4v) is 5.10. The molecule has 0 spiro atoms. The molecule has 21 heavy (non-hydrogen) atoms. The summed E-state index contributed by atoms with van der Waals surface area (Å²) in [6.07, 6.45) is 2.35. The molecule has 0 radical (unpaired) electrons. The van der Waals surface area contributed by atoms with E-state index in [9.17, 15) is 18.4 Å². The van der Waals surface area contributed by atoms with Gasteiger partial charge in [-0.15, -0.1) is 0 Å². The summed E-state index contributed by atoms with van der Waals surface area (Å²) in [5, 5.41) is 11.4. The second-order valence-corrected chi connectivity index (χ2v) is 7.19. The van der Waals surface area contributed by atoms with Crippen molar-refractivity contribution in [2.75, 3.05) is 0 Å². The summed E-state index contributed by atoms with van der Waals surface area (Å²) < 4.78 is 24.9. The van der Waals surface area contributed by atoms with Crippen molar-refractivity contribution in [2.24, 2.45) is 23.2 Å². The van der Waals surface area contributed by atoms with Gasteiger partial charge in [0.2, 0.25) is 12.3 Å². The number of hydrogen-bond donors (Lipinski definition) is 2. The number of halogens is 2. The largest absolute Gasteiger partial charge is 0.480 e. The normalized spacial score (nSPS) is 38.5. The van der Waals surface area contributed by atoms with E-state index < -0.39 is 30.3 Å². The van der Waals surface area contributed by atoms with E-state index in [1.54, 1.807) is 0 Å². The third-order valence-electron chi connectivity index (χ3n) is 5.54. The van der Waals surface area contributed by atoms with Gasteiger partial charge >= 0.3 is 5.97 Å². The Kier molecular flexibility index (Phi) is 3.66. The van der Waals surface area contributed by atoms with Crippen LogP contribution in [-0.4, -0.2) is 29.5 Å². The van der Waals surface area contributed by atoms with Crippen LogP contribution in [0.25, 0.3) is 0 Å². The maximum Gasteiger partial charge on any atom is 0.326 e. The highest BCUT2D eigenvalue weighted by atomic mass is 19.3. The number of aliphatic carboxylic acids is 1. The lowest BCUT2D eigenvalue weighted by atomic mass is 9.49. The first-order valence-electron chi connectivity index (χ1n) is 7.70. The van der Waals surface area contributed by atoms with Crippen molar-refractivity contribution in [1.29, 1.82) is 0 Å². The predicted molar refractivity (Wildman–Crippen MR) is 70.8 cm³/mol. The molecule has 4 aliphatic carbocycles. The molecule has 1 unspecified atom stereocenters. The van der Waals surface area contributed by atoms with Crippen LogP contribution in [-0.2, 0) is 9.59 Å². The van der Waals surface area contributed by atoms with Crippen molar-refractivity contribution in [1.82, 2.24) is 5.32 Å². The Labute approximate surface area is 122 Å². The van der Waals surface area contributed by atoms with E-state index >= 15 is 0 Å². The lowest BCUT2D eigenvalue weighted by Gasteiger charge is -2.55. The molecule has 4 saturated carbocycles. The smallest absolute Gasteiger partial charge is 0.326 e. The van der Waals surface area contributed by atoms with Gasteiger partial charge in [-0.05, 0) is 56.3 Å². The molecule has 4 fully saturated rings. The standard InChI is InChI=1S/C15H21F2NO3/c16-12(17)4-11(13(19)20)18-14(21)15-5-8-1-9(6-15)3-10(2-8)7-15/h8-12H,1-7H2,(H,18,21)(H,19,20). The SMILES string of the molecule is O=C(O)C(CC(F)F)NC(=O)C12CC3CC(CC(C3)C1)C2. The van der Waals surface area contributed by atoms with E-state index in [0.29, 0.717) is 17.8 Å². The van der Waals surface area contributed by atoms with Gasteiger partial charge in [0.05, 0.1) is 0 Å². The van der Waals surface area contributed by atoms with Crippen LogP contribution in [0.3, 0.4) is 0 Å². The van der Waals surface area contributed by atoms with E-state index in [1.807, 2.05) is 0 Å². The van der Waals surface area contributed by atoms with Crippen LogP contribution in [0.5, 0.6) is 0 Å². The van der Waals surface area contributed by atoms with Gasteiger partial charge in [-0.2, -0.15) is 0 Å². The molecular formula is C15H21F2NO3. The zero-order chi connectivity index (χ0) is 15.2. The van der Waals surface area contributed by atoms with Crippen molar-refractivity contribution in [3.05, 3.63) is 0 Å². The Morgan fingerprint density at radius 1 is 1.10 bits per heavy atom. The topological polar surface area (TPSA) is 66.4 Å². The summed E-state index contributed by atoms with van der Waals surface area (Å²) >= 11 is 0. The molecule has 2 N–H and O–H groups in total. The molecule has 1 amide bonds. The van der Waals surface area contributed by atoms with Gasteiger partial charge in [-0.1, -0.05) is 0 Å². The molecule has 0 aromatic heterocycles. The summed E-state index contributed by atoms with van der Waals surface area (Å²) in [6, 6.07) is -1.48. The number of carboxylic acid groups (broad SMARTS) is 1. The molecule has 0 aromatic carbocycles. The number of nitrogens with one attached hydrogen (secondary N) is 1. The molecule has 118 valence electrons. The van der Waals surface area contributed by atoms with E-state index in [0.717, 1.165) is 19.3 Å². The average molecular weight is 301 g/mol. The molecule has 0 heterocycles. The summed E-state index contributed by atoms with van der Waals surface area (Å²) in [5.74, 6) is -0.0239. The second-order valence-electron chi connectivity index (χ2n) is 7.19. The lowest BCUT2D eigenvalue weighted by molar-refractivity contribution is -0.152. The first kappa shape index (κ1) is 14.7. The zero-order valence-electron chi connectivity index (χ0n) is 11.9. The minimum atomic E-state index is -2.73. The highest BCUT2D eigenvalue weighted by Crippen LogP contribution is 2.60. The molecule has 0 saturated heterocycles.